The molecular weight excluding hydrogens is 290 g/mol. The Hall–Kier alpha value is -1.18. The van der Waals surface area contributed by atoms with Crippen LogP contribution < -0.4 is 10.0 Å². The first-order valence-corrected chi connectivity index (χ1v) is 7.74. The van der Waals surface area contributed by atoms with E-state index in [2.05, 4.69) is 15.0 Å². The quantitative estimate of drug-likeness (QED) is 0.593. The molecule has 104 valence electrons. The molecule has 8 heteroatoms. The van der Waals surface area contributed by atoms with Crippen LogP contribution in [-0.4, -0.2) is 32.4 Å². The maximum absolute atomic E-state index is 11.9. The fraction of sp³-hybridized carbons (Fsp3) is 0.455. The summed E-state index contributed by atoms with van der Waals surface area (Å²) in [5.74, 6) is 0.113. The highest BCUT2D eigenvalue weighted by atomic mass is 35.5. The van der Waals surface area contributed by atoms with E-state index in [1.54, 1.807) is 0 Å². The molecule has 0 spiro atoms. The van der Waals surface area contributed by atoms with Crippen LogP contribution in [0.1, 0.15) is 12.8 Å². The van der Waals surface area contributed by atoms with Gasteiger partial charge >= 0.3 is 0 Å². The van der Waals surface area contributed by atoms with Crippen molar-refractivity contribution in [1.82, 2.24) is 15.0 Å². The highest BCUT2D eigenvalue weighted by Gasteiger charge is 2.29. The van der Waals surface area contributed by atoms with Crippen molar-refractivity contribution in [2.75, 3.05) is 13.1 Å². The van der Waals surface area contributed by atoms with E-state index in [9.17, 15) is 13.2 Å². The molecular formula is C11H14ClN3O3S. The largest absolute Gasteiger partial charge is 0.355 e. The second-order valence-electron chi connectivity index (χ2n) is 4.28. The molecule has 1 fully saturated rings. The number of carbonyl (C=O) groups is 1. The number of aromatic nitrogens is 1. The van der Waals surface area contributed by atoms with Crippen LogP contribution in [0, 0.1) is 5.92 Å². The molecule has 0 atom stereocenters. The number of rotatable bonds is 6. The van der Waals surface area contributed by atoms with Gasteiger partial charge in [0.2, 0.25) is 15.9 Å². The van der Waals surface area contributed by atoms with Gasteiger partial charge in [0.05, 0.1) is 4.90 Å². The Kier molecular flexibility index (Phi) is 4.38. The summed E-state index contributed by atoms with van der Waals surface area (Å²) in [5.41, 5.74) is 0. The van der Waals surface area contributed by atoms with Crippen molar-refractivity contribution >= 4 is 27.5 Å². The Morgan fingerprint density at radius 1 is 1.42 bits per heavy atom. The number of amides is 1. The number of nitrogens with zero attached hydrogens (tertiary/aromatic N) is 1. The molecule has 0 aromatic carbocycles. The molecule has 0 bridgehead atoms. The van der Waals surface area contributed by atoms with Crippen LogP contribution in [0.15, 0.2) is 23.2 Å². The van der Waals surface area contributed by atoms with E-state index in [4.69, 9.17) is 11.6 Å². The molecule has 2 N–H and O–H groups in total. The molecule has 0 aliphatic heterocycles. The maximum atomic E-state index is 11.9. The Bertz CT molecular complexity index is 572. The number of hydrogen-bond donors (Lipinski definition) is 2. The molecule has 6 nitrogen and oxygen atoms in total. The van der Waals surface area contributed by atoms with Crippen LogP contribution >= 0.6 is 11.6 Å². The summed E-state index contributed by atoms with van der Waals surface area (Å²) >= 11 is 5.64. The Balaban J connectivity index is 1.82. The highest BCUT2D eigenvalue weighted by Crippen LogP contribution is 2.28. The van der Waals surface area contributed by atoms with Gasteiger partial charge < -0.3 is 5.32 Å². The number of sulfonamides is 1. The fourth-order valence-electron chi connectivity index (χ4n) is 1.50. The zero-order valence-corrected chi connectivity index (χ0v) is 11.7. The van der Waals surface area contributed by atoms with Crippen LogP contribution in [0.5, 0.6) is 0 Å². The minimum Gasteiger partial charge on any atom is -0.355 e. The molecule has 1 aliphatic rings. The van der Waals surface area contributed by atoms with E-state index in [1.165, 1.54) is 18.3 Å². The first-order chi connectivity index (χ1) is 8.99. The van der Waals surface area contributed by atoms with Gasteiger partial charge in [0.1, 0.15) is 5.15 Å². The predicted molar refractivity (Wildman–Crippen MR) is 70.2 cm³/mol. The Labute approximate surface area is 116 Å². The lowest BCUT2D eigenvalue weighted by atomic mass is 10.4. The van der Waals surface area contributed by atoms with Gasteiger partial charge in [-0.1, -0.05) is 11.6 Å². The summed E-state index contributed by atoms with van der Waals surface area (Å²) in [7, 11) is -3.61. The molecule has 1 heterocycles. The van der Waals surface area contributed by atoms with Crippen molar-refractivity contribution in [2.45, 2.75) is 17.7 Å². The molecule has 0 unspecified atom stereocenters. The van der Waals surface area contributed by atoms with Crippen molar-refractivity contribution < 1.29 is 13.2 Å². The van der Waals surface area contributed by atoms with Crippen molar-refractivity contribution in [2.24, 2.45) is 5.92 Å². The highest BCUT2D eigenvalue weighted by molar-refractivity contribution is 7.89. The van der Waals surface area contributed by atoms with E-state index >= 15 is 0 Å². The van der Waals surface area contributed by atoms with Crippen molar-refractivity contribution in [1.29, 1.82) is 0 Å². The minimum absolute atomic E-state index is 0.00819. The summed E-state index contributed by atoms with van der Waals surface area (Å²) < 4.78 is 26.1. The average Bonchev–Trinajstić information content (AvgIpc) is 3.18. The second-order valence-corrected chi connectivity index (χ2v) is 6.43. The van der Waals surface area contributed by atoms with E-state index < -0.39 is 10.0 Å². The van der Waals surface area contributed by atoms with Crippen LogP contribution in [0.25, 0.3) is 0 Å². The molecule has 19 heavy (non-hydrogen) atoms. The lowest BCUT2D eigenvalue weighted by Gasteiger charge is -2.07. The molecule has 1 aromatic heterocycles. The van der Waals surface area contributed by atoms with Gasteiger partial charge in [-0.15, -0.1) is 0 Å². The van der Waals surface area contributed by atoms with Gasteiger partial charge in [0, 0.05) is 25.2 Å². The average molecular weight is 304 g/mol. The third-order valence-electron chi connectivity index (χ3n) is 2.67. The summed E-state index contributed by atoms with van der Waals surface area (Å²) in [6, 6.07) is 2.63. The smallest absolute Gasteiger partial charge is 0.240 e. The zero-order chi connectivity index (χ0) is 13.9. The molecule has 1 saturated carbocycles. The van der Waals surface area contributed by atoms with Crippen LogP contribution in [0.4, 0.5) is 0 Å². The van der Waals surface area contributed by atoms with Gasteiger partial charge in [-0.05, 0) is 25.0 Å². The lowest BCUT2D eigenvalue weighted by Crippen LogP contribution is -2.35. The van der Waals surface area contributed by atoms with E-state index in [0.717, 1.165) is 12.8 Å². The third-order valence-corrected chi connectivity index (χ3v) is 4.34. The van der Waals surface area contributed by atoms with Crippen molar-refractivity contribution in [3.63, 3.8) is 0 Å². The fourth-order valence-corrected chi connectivity index (χ4v) is 2.78. The minimum atomic E-state index is -3.61. The van der Waals surface area contributed by atoms with Crippen molar-refractivity contribution in [3.8, 4) is 0 Å². The summed E-state index contributed by atoms with van der Waals surface area (Å²) in [6.07, 6.45) is 3.17. The standard InChI is InChI=1S/C11H14ClN3O3S/c12-10-7-9(3-4-13-10)19(17,18)15-6-5-14-11(16)8-1-2-8/h3-4,7-8,15H,1-2,5-6H2,(H,14,16). The van der Waals surface area contributed by atoms with E-state index in [0.29, 0.717) is 0 Å². The predicted octanol–water partition coefficient (Wildman–Crippen LogP) is 0.539. The normalized spacial score (nSPS) is 15.2. The third kappa shape index (κ3) is 4.15. The number of nitrogens with one attached hydrogen (secondary N) is 2. The molecule has 0 saturated heterocycles. The van der Waals surface area contributed by atoms with Gasteiger partial charge in [0.25, 0.3) is 0 Å². The van der Waals surface area contributed by atoms with Gasteiger partial charge in [-0.2, -0.15) is 0 Å². The number of pyridine rings is 1. The Morgan fingerprint density at radius 3 is 2.79 bits per heavy atom. The first kappa shape index (κ1) is 14.2. The Morgan fingerprint density at radius 2 is 2.16 bits per heavy atom. The summed E-state index contributed by atoms with van der Waals surface area (Å²) in [6.45, 7) is 0.411. The summed E-state index contributed by atoms with van der Waals surface area (Å²) in [5, 5.41) is 2.79. The number of hydrogen-bond acceptors (Lipinski definition) is 4. The monoisotopic (exact) mass is 303 g/mol. The molecule has 1 aromatic rings. The van der Waals surface area contributed by atoms with Gasteiger partial charge in [0.15, 0.2) is 0 Å². The first-order valence-electron chi connectivity index (χ1n) is 5.88. The second kappa shape index (κ2) is 5.85. The van der Waals surface area contributed by atoms with Gasteiger partial charge in [-0.25, -0.2) is 18.1 Å². The van der Waals surface area contributed by atoms with Crippen LogP contribution in [0.3, 0.4) is 0 Å². The molecule has 1 amide bonds. The number of carbonyl (C=O) groups excluding carboxylic acids is 1. The maximum Gasteiger partial charge on any atom is 0.240 e. The number of halogens is 1. The molecule has 2 rings (SSSR count). The van der Waals surface area contributed by atoms with Crippen LogP contribution in [-0.2, 0) is 14.8 Å². The lowest BCUT2D eigenvalue weighted by molar-refractivity contribution is -0.122. The van der Waals surface area contributed by atoms with Crippen molar-refractivity contribution in [3.05, 3.63) is 23.5 Å². The topological polar surface area (TPSA) is 88.2 Å². The zero-order valence-electron chi connectivity index (χ0n) is 10.1. The van der Waals surface area contributed by atoms with Crippen LogP contribution in [0.2, 0.25) is 5.15 Å². The van der Waals surface area contributed by atoms with Gasteiger partial charge in [-0.3, -0.25) is 4.79 Å². The SMILES string of the molecule is O=C(NCCNS(=O)(=O)c1ccnc(Cl)c1)C1CC1. The summed E-state index contributed by atoms with van der Waals surface area (Å²) in [4.78, 5) is 15.1. The molecule has 1 aliphatic carbocycles. The molecule has 0 radical (unpaired) electrons. The van der Waals surface area contributed by atoms with E-state index in [1.807, 2.05) is 0 Å². The van der Waals surface area contributed by atoms with E-state index in [-0.39, 0.29) is 35.0 Å².